The van der Waals surface area contributed by atoms with Crippen LogP contribution in [0.1, 0.15) is 18.9 Å². The highest BCUT2D eigenvalue weighted by Gasteiger charge is 2.04. The Balaban J connectivity index is 2.28. The van der Waals surface area contributed by atoms with Gasteiger partial charge in [0.25, 0.3) is 0 Å². The molecule has 0 saturated carbocycles. The second-order valence-electron chi connectivity index (χ2n) is 4.34. The molecule has 0 aliphatic heterocycles. The Bertz CT molecular complexity index is 601. The summed E-state index contributed by atoms with van der Waals surface area (Å²) in [5, 5.41) is 0. The molecule has 20 heavy (non-hydrogen) atoms. The van der Waals surface area contributed by atoms with Gasteiger partial charge < -0.3 is 4.74 Å². The van der Waals surface area contributed by atoms with Crippen LogP contribution in [0.15, 0.2) is 54.7 Å². The van der Waals surface area contributed by atoms with Crippen LogP contribution in [0, 0.1) is 0 Å². The Hall–Kier alpha value is -2.42. The van der Waals surface area contributed by atoms with E-state index in [1.807, 2.05) is 49.4 Å². The van der Waals surface area contributed by atoms with Crippen molar-refractivity contribution in [2.24, 2.45) is 0 Å². The predicted molar refractivity (Wildman–Crippen MR) is 80.0 cm³/mol. The van der Waals surface area contributed by atoms with Gasteiger partial charge in [0.1, 0.15) is 0 Å². The molecule has 0 saturated heterocycles. The summed E-state index contributed by atoms with van der Waals surface area (Å²) >= 11 is 0. The van der Waals surface area contributed by atoms with Crippen LogP contribution in [0.4, 0.5) is 0 Å². The van der Waals surface area contributed by atoms with E-state index in [1.54, 1.807) is 6.20 Å². The van der Waals surface area contributed by atoms with Crippen LogP contribution in [0.3, 0.4) is 0 Å². The van der Waals surface area contributed by atoms with Crippen LogP contribution in [0.25, 0.3) is 16.8 Å². The molecule has 0 aliphatic rings. The number of carbonyl (C=O) groups excluding carboxylic acids is 1. The molecule has 102 valence electrons. The van der Waals surface area contributed by atoms with Crippen molar-refractivity contribution in [1.29, 1.82) is 0 Å². The van der Waals surface area contributed by atoms with E-state index in [0.717, 1.165) is 28.8 Å². The summed E-state index contributed by atoms with van der Waals surface area (Å²) in [4.78, 5) is 15.7. The molecule has 0 spiro atoms. The summed E-state index contributed by atoms with van der Waals surface area (Å²) in [6.45, 7) is 2.02. The number of allylic oxidation sites excluding steroid dienone is 1. The van der Waals surface area contributed by atoms with Crippen molar-refractivity contribution >= 4 is 11.5 Å². The van der Waals surface area contributed by atoms with Gasteiger partial charge in [-0.15, -0.1) is 0 Å². The number of benzene rings is 1. The minimum atomic E-state index is -0.323. The fraction of sp³-hybridized carbons (Fsp3) is 0.176. The lowest BCUT2D eigenvalue weighted by Gasteiger charge is -2.06. The van der Waals surface area contributed by atoms with Crippen molar-refractivity contribution in [2.45, 2.75) is 13.3 Å². The zero-order chi connectivity index (χ0) is 14.4. The lowest BCUT2D eigenvalue weighted by molar-refractivity contribution is -0.134. The minimum Gasteiger partial charge on any atom is -0.466 e. The molecule has 0 amide bonds. The summed E-state index contributed by atoms with van der Waals surface area (Å²) in [6, 6.07) is 13.9. The third kappa shape index (κ3) is 3.32. The largest absolute Gasteiger partial charge is 0.466 e. The summed E-state index contributed by atoms with van der Waals surface area (Å²) < 4.78 is 4.67. The number of hydrogen-bond donors (Lipinski definition) is 0. The normalized spacial score (nSPS) is 11.2. The van der Waals surface area contributed by atoms with E-state index in [-0.39, 0.29) is 5.97 Å². The zero-order valence-electron chi connectivity index (χ0n) is 11.7. The maximum absolute atomic E-state index is 11.3. The lowest BCUT2D eigenvalue weighted by atomic mass is 10.0. The number of hydrogen-bond acceptors (Lipinski definition) is 3. The highest BCUT2D eigenvalue weighted by Crippen LogP contribution is 2.22. The van der Waals surface area contributed by atoms with E-state index in [9.17, 15) is 4.79 Å². The van der Waals surface area contributed by atoms with Gasteiger partial charge in [0, 0.05) is 17.8 Å². The monoisotopic (exact) mass is 267 g/mol. The summed E-state index contributed by atoms with van der Waals surface area (Å²) in [6.07, 6.45) is 4.09. The van der Waals surface area contributed by atoms with Gasteiger partial charge in [-0.2, -0.15) is 0 Å². The van der Waals surface area contributed by atoms with Crippen LogP contribution >= 0.6 is 0 Å². The number of carbonyl (C=O) groups is 1. The Morgan fingerprint density at radius 2 is 1.95 bits per heavy atom. The molecule has 0 fully saturated rings. The molecule has 1 aromatic heterocycles. The molecular weight excluding hydrogens is 250 g/mol. The van der Waals surface area contributed by atoms with Crippen LogP contribution in [0.2, 0.25) is 0 Å². The second kappa shape index (κ2) is 6.66. The average molecular weight is 267 g/mol. The molecule has 1 aromatic carbocycles. The van der Waals surface area contributed by atoms with Crippen molar-refractivity contribution in [3.8, 4) is 11.3 Å². The second-order valence-corrected chi connectivity index (χ2v) is 4.34. The van der Waals surface area contributed by atoms with Crippen LogP contribution in [-0.4, -0.2) is 18.1 Å². The zero-order valence-corrected chi connectivity index (χ0v) is 11.7. The highest BCUT2D eigenvalue weighted by molar-refractivity contribution is 5.91. The smallest absolute Gasteiger partial charge is 0.330 e. The van der Waals surface area contributed by atoms with Gasteiger partial charge in [-0.25, -0.2) is 4.79 Å². The van der Waals surface area contributed by atoms with Crippen molar-refractivity contribution in [2.75, 3.05) is 7.11 Å². The van der Waals surface area contributed by atoms with E-state index in [2.05, 4.69) is 9.72 Å². The molecule has 3 nitrogen and oxygen atoms in total. The van der Waals surface area contributed by atoms with E-state index < -0.39 is 0 Å². The molecule has 0 radical (unpaired) electrons. The number of methoxy groups -OCH3 is 1. The number of nitrogens with zero attached hydrogens (tertiary/aromatic N) is 1. The Morgan fingerprint density at radius 1 is 1.20 bits per heavy atom. The molecular formula is C17H17NO2. The molecule has 0 aliphatic carbocycles. The number of ether oxygens (including phenoxy) is 1. The molecule has 2 aromatic rings. The van der Waals surface area contributed by atoms with Crippen LogP contribution in [0.5, 0.6) is 0 Å². The van der Waals surface area contributed by atoms with Crippen LogP contribution in [-0.2, 0) is 9.53 Å². The van der Waals surface area contributed by atoms with Gasteiger partial charge in [0.2, 0.25) is 0 Å². The standard InChI is InChI=1S/C17H17NO2/c1-3-13(12-17(19)20-2)14-7-9-15(10-8-14)16-6-4-5-11-18-16/h4-12H,3H2,1-2H3/b13-12+. The van der Waals surface area contributed by atoms with Crippen molar-refractivity contribution < 1.29 is 9.53 Å². The first-order chi connectivity index (χ1) is 9.74. The SMILES string of the molecule is CC/C(=C\C(=O)OC)c1ccc(-c2ccccn2)cc1. The Labute approximate surface area is 118 Å². The topological polar surface area (TPSA) is 39.2 Å². The van der Waals surface area contributed by atoms with E-state index >= 15 is 0 Å². The Kier molecular flexibility index (Phi) is 4.66. The van der Waals surface area contributed by atoms with Crippen molar-refractivity contribution in [3.63, 3.8) is 0 Å². The fourth-order valence-electron chi connectivity index (χ4n) is 1.98. The van der Waals surface area contributed by atoms with E-state index in [1.165, 1.54) is 13.2 Å². The minimum absolute atomic E-state index is 0.323. The molecule has 0 atom stereocenters. The summed E-state index contributed by atoms with van der Waals surface area (Å²) in [5.74, 6) is -0.323. The molecule has 0 N–H and O–H groups in total. The first-order valence-corrected chi connectivity index (χ1v) is 6.55. The van der Waals surface area contributed by atoms with E-state index in [4.69, 9.17) is 0 Å². The number of rotatable bonds is 4. The van der Waals surface area contributed by atoms with Crippen molar-refractivity contribution in [1.82, 2.24) is 4.98 Å². The molecule has 0 unspecified atom stereocenters. The van der Waals surface area contributed by atoms with Gasteiger partial charge in [0.15, 0.2) is 0 Å². The van der Waals surface area contributed by atoms with Crippen LogP contribution < -0.4 is 0 Å². The highest BCUT2D eigenvalue weighted by atomic mass is 16.5. The maximum atomic E-state index is 11.3. The van der Waals surface area contributed by atoms with Gasteiger partial charge in [-0.05, 0) is 29.7 Å². The Morgan fingerprint density at radius 3 is 2.50 bits per heavy atom. The van der Waals surface area contributed by atoms with E-state index in [0.29, 0.717) is 0 Å². The van der Waals surface area contributed by atoms with Gasteiger partial charge in [-0.3, -0.25) is 4.98 Å². The predicted octanol–water partition coefficient (Wildman–Crippen LogP) is 3.72. The third-order valence-corrected chi connectivity index (χ3v) is 3.09. The maximum Gasteiger partial charge on any atom is 0.330 e. The quantitative estimate of drug-likeness (QED) is 0.626. The van der Waals surface area contributed by atoms with Gasteiger partial charge in [0.05, 0.1) is 12.8 Å². The fourth-order valence-corrected chi connectivity index (χ4v) is 1.98. The van der Waals surface area contributed by atoms with Crippen molar-refractivity contribution in [3.05, 3.63) is 60.3 Å². The van der Waals surface area contributed by atoms with Gasteiger partial charge in [-0.1, -0.05) is 37.3 Å². The third-order valence-electron chi connectivity index (χ3n) is 3.09. The lowest BCUT2D eigenvalue weighted by Crippen LogP contribution is -1.97. The molecule has 3 heteroatoms. The number of pyridine rings is 1. The number of aromatic nitrogens is 1. The average Bonchev–Trinajstić information content (AvgIpc) is 2.53. The summed E-state index contributed by atoms with van der Waals surface area (Å²) in [7, 11) is 1.39. The molecule has 0 bridgehead atoms. The summed E-state index contributed by atoms with van der Waals surface area (Å²) in [5.41, 5.74) is 3.99. The first-order valence-electron chi connectivity index (χ1n) is 6.55. The number of esters is 1. The first kappa shape index (κ1) is 14.0. The molecule has 2 rings (SSSR count). The van der Waals surface area contributed by atoms with Gasteiger partial charge >= 0.3 is 5.97 Å². The molecule has 1 heterocycles.